The molecule has 2 rings (SSSR count). The second kappa shape index (κ2) is 5.99. The van der Waals surface area contributed by atoms with Gasteiger partial charge in [0.25, 0.3) is 0 Å². The monoisotopic (exact) mass is 227 g/mol. The van der Waals surface area contributed by atoms with Gasteiger partial charge >= 0.3 is 0 Å². The fraction of sp³-hybridized carbons (Fsp3) is 1.00. The molecular weight excluding hydrogens is 202 g/mol. The Balaban J connectivity index is 1.73. The maximum atomic E-state index is 10.5. The lowest BCUT2D eigenvalue weighted by Gasteiger charge is -2.31. The minimum absolute atomic E-state index is 0.436. The minimum atomic E-state index is -0.436. The zero-order valence-electron chi connectivity index (χ0n) is 10.2. The van der Waals surface area contributed by atoms with Gasteiger partial charge in [0.05, 0.1) is 5.60 Å². The van der Waals surface area contributed by atoms with Crippen molar-refractivity contribution in [3.8, 4) is 0 Å². The highest BCUT2D eigenvalue weighted by Crippen LogP contribution is 2.26. The number of hydrogen-bond donors (Lipinski definition) is 2. The van der Waals surface area contributed by atoms with Gasteiger partial charge in [0, 0.05) is 25.8 Å². The van der Waals surface area contributed by atoms with Gasteiger partial charge in [0.15, 0.2) is 0 Å². The maximum Gasteiger partial charge on any atom is 0.0771 e. The van der Waals surface area contributed by atoms with Crippen LogP contribution in [0.2, 0.25) is 0 Å². The van der Waals surface area contributed by atoms with Gasteiger partial charge in [0.2, 0.25) is 0 Å². The van der Waals surface area contributed by atoms with Crippen LogP contribution in [0.15, 0.2) is 0 Å². The first-order chi connectivity index (χ1) is 7.79. The fourth-order valence-electron chi connectivity index (χ4n) is 2.80. The fourth-order valence-corrected chi connectivity index (χ4v) is 2.80. The van der Waals surface area contributed by atoms with Crippen LogP contribution in [0.4, 0.5) is 0 Å². The van der Waals surface area contributed by atoms with Crippen molar-refractivity contribution >= 4 is 0 Å². The maximum absolute atomic E-state index is 10.5. The van der Waals surface area contributed by atoms with Crippen LogP contribution in [0, 0.1) is 0 Å². The molecule has 2 N–H and O–H groups in total. The van der Waals surface area contributed by atoms with Gasteiger partial charge in [-0.1, -0.05) is 25.7 Å². The molecule has 1 aliphatic heterocycles. The Kier molecular flexibility index (Phi) is 4.62. The molecule has 2 fully saturated rings. The zero-order chi connectivity index (χ0) is 11.3. The summed E-state index contributed by atoms with van der Waals surface area (Å²) in [6.45, 7) is 2.52. The number of nitrogens with one attached hydrogen (secondary N) is 1. The van der Waals surface area contributed by atoms with E-state index in [9.17, 15) is 5.11 Å². The van der Waals surface area contributed by atoms with E-state index in [1.165, 1.54) is 25.7 Å². The Morgan fingerprint density at radius 1 is 1.06 bits per heavy atom. The summed E-state index contributed by atoms with van der Waals surface area (Å²) in [5.41, 5.74) is -0.436. The standard InChI is InChI=1S/C13H25NO2/c15-13(7-3-1-2-4-8-13)11-14-12-5-9-16-10-6-12/h12,14-15H,1-11H2. The molecule has 0 amide bonds. The van der Waals surface area contributed by atoms with Crippen LogP contribution in [0.25, 0.3) is 0 Å². The third-order valence-corrected chi connectivity index (χ3v) is 3.98. The van der Waals surface area contributed by atoms with Gasteiger partial charge in [0.1, 0.15) is 0 Å². The molecule has 0 aromatic heterocycles. The van der Waals surface area contributed by atoms with E-state index >= 15 is 0 Å². The molecule has 94 valence electrons. The Morgan fingerprint density at radius 2 is 1.69 bits per heavy atom. The number of hydrogen-bond acceptors (Lipinski definition) is 3. The summed E-state index contributed by atoms with van der Waals surface area (Å²) in [7, 11) is 0. The van der Waals surface area contributed by atoms with Crippen molar-refractivity contribution in [1.29, 1.82) is 0 Å². The average molecular weight is 227 g/mol. The molecule has 0 aromatic carbocycles. The molecule has 0 unspecified atom stereocenters. The predicted molar refractivity (Wildman–Crippen MR) is 64.5 cm³/mol. The molecule has 0 aromatic rings. The van der Waals surface area contributed by atoms with Crippen molar-refractivity contribution in [3.05, 3.63) is 0 Å². The highest BCUT2D eigenvalue weighted by atomic mass is 16.5. The van der Waals surface area contributed by atoms with Crippen LogP contribution in [0.5, 0.6) is 0 Å². The molecular formula is C13H25NO2. The van der Waals surface area contributed by atoms with E-state index in [1.54, 1.807) is 0 Å². The van der Waals surface area contributed by atoms with Crippen molar-refractivity contribution < 1.29 is 9.84 Å². The Morgan fingerprint density at radius 3 is 2.31 bits per heavy atom. The number of rotatable bonds is 3. The summed E-state index contributed by atoms with van der Waals surface area (Å²) in [5.74, 6) is 0. The first-order valence-corrected chi connectivity index (χ1v) is 6.82. The van der Waals surface area contributed by atoms with Crippen LogP contribution in [-0.2, 0) is 4.74 Å². The Bertz CT molecular complexity index is 194. The first-order valence-electron chi connectivity index (χ1n) is 6.82. The smallest absolute Gasteiger partial charge is 0.0771 e. The first kappa shape index (κ1) is 12.3. The molecule has 0 radical (unpaired) electrons. The van der Waals surface area contributed by atoms with Gasteiger partial charge < -0.3 is 15.2 Å². The molecule has 0 spiro atoms. The van der Waals surface area contributed by atoms with E-state index in [0.29, 0.717) is 6.04 Å². The molecule has 16 heavy (non-hydrogen) atoms. The normalized spacial score (nSPS) is 27.6. The number of aliphatic hydroxyl groups is 1. The summed E-state index contributed by atoms with van der Waals surface area (Å²) in [4.78, 5) is 0. The second-order valence-electron chi connectivity index (χ2n) is 5.41. The quantitative estimate of drug-likeness (QED) is 0.723. The van der Waals surface area contributed by atoms with Crippen molar-refractivity contribution in [2.24, 2.45) is 0 Å². The van der Waals surface area contributed by atoms with Crippen molar-refractivity contribution in [1.82, 2.24) is 5.32 Å². The summed E-state index contributed by atoms with van der Waals surface area (Å²) in [6, 6.07) is 0.557. The lowest BCUT2D eigenvalue weighted by molar-refractivity contribution is 0.0146. The van der Waals surface area contributed by atoms with Crippen molar-refractivity contribution in [3.63, 3.8) is 0 Å². The van der Waals surface area contributed by atoms with Crippen LogP contribution in [0.1, 0.15) is 51.4 Å². The average Bonchev–Trinajstić information content (AvgIpc) is 2.54. The van der Waals surface area contributed by atoms with Crippen molar-refractivity contribution in [2.45, 2.75) is 63.0 Å². The summed E-state index contributed by atoms with van der Waals surface area (Å²) < 4.78 is 5.33. The van der Waals surface area contributed by atoms with Crippen molar-refractivity contribution in [2.75, 3.05) is 19.8 Å². The molecule has 1 saturated carbocycles. The van der Waals surface area contributed by atoms with Gasteiger partial charge in [-0.15, -0.1) is 0 Å². The summed E-state index contributed by atoms with van der Waals surface area (Å²) in [6.07, 6.45) is 9.09. The highest BCUT2D eigenvalue weighted by molar-refractivity contribution is 4.85. The topological polar surface area (TPSA) is 41.5 Å². The van der Waals surface area contributed by atoms with E-state index in [0.717, 1.165) is 45.4 Å². The molecule has 3 heteroatoms. The van der Waals surface area contributed by atoms with Gasteiger partial charge in [-0.2, -0.15) is 0 Å². The lowest BCUT2D eigenvalue weighted by atomic mass is 9.94. The largest absolute Gasteiger partial charge is 0.389 e. The zero-order valence-corrected chi connectivity index (χ0v) is 10.2. The Labute approximate surface area is 98.6 Å². The molecule has 3 nitrogen and oxygen atoms in total. The Hall–Kier alpha value is -0.120. The molecule has 0 bridgehead atoms. The lowest BCUT2D eigenvalue weighted by Crippen LogP contribution is -2.45. The van der Waals surface area contributed by atoms with E-state index < -0.39 is 5.60 Å². The van der Waals surface area contributed by atoms with Crippen LogP contribution in [-0.4, -0.2) is 36.5 Å². The highest BCUT2D eigenvalue weighted by Gasteiger charge is 2.28. The number of ether oxygens (including phenoxy) is 1. The van der Waals surface area contributed by atoms with Gasteiger partial charge in [-0.05, 0) is 25.7 Å². The second-order valence-corrected chi connectivity index (χ2v) is 5.41. The van der Waals surface area contributed by atoms with E-state index in [4.69, 9.17) is 4.74 Å². The third-order valence-electron chi connectivity index (χ3n) is 3.98. The van der Waals surface area contributed by atoms with Gasteiger partial charge in [-0.25, -0.2) is 0 Å². The summed E-state index contributed by atoms with van der Waals surface area (Å²) in [5, 5.41) is 14.0. The molecule has 1 saturated heterocycles. The van der Waals surface area contributed by atoms with Gasteiger partial charge in [-0.3, -0.25) is 0 Å². The predicted octanol–water partition coefficient (Wildman–Crippen LogP) is 1.84. The minimum Gasteiger partial charge on any atom is -0.389 e. The SMILES string of the molecule is OC1(CNC2CCOCC2)CCCCCC1. The van der Waals surface area contributed by atoms with Crippen LogP contribution < -0.4 is 5.32 Å². The van der Waals surface area contributed by atoms with E-state index in [1.807, 2.05) is 0 Å². The van der Waals surface area contributed by atoms with E-state index in [-0.39, 0.29) is 0 Å². The molecule has 0 atom stereocenters. The summed E-state index contributed by atoms with van der Waals surface area (Å²) >= 11 is 0. The molecule has 1 aliphatic carbocycles. The van der Waals surface area contributed by atoms with Crippen LogP contribution in [0.3, 0.4) is 0 Å². The van der Waals surface area contributed by atoms with E-state index in [2.05, 4.69) is 5.32 Å². The molecule has 1 heterocycles. The van der Waals surface area contributed by atoms with Crippen LogP contribution >= 0.6 is 0 Å². The molecule has 2 aliphatic rings. The third kappa shape index (κ3) is 3.72.